The summed E-state index contributed by atoms with van der Waals surface area (Å²) in [4.78, 5) is 4.50. The first-order valence-corrected chi connectivity index (χ1v) is 5.74. The highest BCUT2D eigenvalue weighted by molar-refractivity contribution is 5.81. The van der Waals surface area contributed by atoms with E-state index in [9.17, 15) is 8.78 Å². The standard InChI is InChI=1S/C15H13F2NO/c1-10-3-6-13(16)8-14(10)11-4-5-12(9-18-19-2)15(17)7-11/h3-9H,1-2H3. The molecule has 2 aromatic carbocycles. The van der Waals surface area contributed by atoms with Crippen molar-refractivity contribution in [2.75, 3.05) is 7.11 Å². The highest BCUT2D eigenvalue weighted by Gasteiger charge is 2.07. The van der Waals surface area contributed by atoms with Crippen LogP contribution in [0, 0.1) is 18.6 Å². The lowest BCUT2D eigenvalue weighted by molar-refractivity contribution is 0.215. The van der Waals surface area contributed by atoms with Crippen molar-refractivity contribution in [2.45, 2.75) is 6.92 Å². The van der Waals surface area contributed by atoms with Gasteiger partial charge in [-0.05, 0) is 47.9 Å². The van der Waals surface area contributed by atoms with Crippen LogP contribution in [0.4, 0.5) is 8.78 Å². The maximum Gasteiger partial charge on any atom is 0.132 e. The second kappa shape index (κ2) is 5.61. The van der Waals surface area contributed by atoms with Gasteiger partial charge in [-0.2, -0.15) is 0 Å². The molecule has 0 amide bonds. The first-order chi connectivity index (χ1) is 9.11. The quantitative estimate of drug-likeness (QED) is 0.606. The van der Waals surface area contributed by atoms with Crippen molar-refractivity contribution in [3.05, 3.63) is 59.2 Å². The summed E-state index contributed by atoms with van der Waals surface area (Å²) < 4.78 is 27.1. The molecule has 0 radical (unpaired) electrons. The molecule has 0 aliphatic carbocycles. The van der Waals surface area contributed by atoms with Gasteiger partial charge in [-0.15, -0.1) is 0 Å². The summed E-state index contributed by atoms with van der Waals surface area (Å²) in [5, 5.41) is 3.51. The van der Waals surface area contributed by atoms with E-state index >= 15 is 0 Å². The molecule has 0 saturated carbocycles. The molecular weight excluding hydrogens is 248 g/mol. The van der Waals surface area contributed by atoms with Gasteiger partial charge in [0, 0.05) is 5.56 Å². The third kappa shape index (κ3) is 2.96. The van der Waals surface area contributed by atoms with E-state index in [-0.39, 0.29) is 5.82 Å². The van der Waals surface area contributed by atoms with Gasteiger partial charge in [0.25, 0.3) is 0 Å². The fraction of sp³-hybridized carbons (Fsp3) is 0.133. The molecule has 0 N–H and O–H groups in total. The molecule has 2 nitrogen and oxygen atoms in total. The van der Waals surface area contributed by atoms with E-state index in [0.717, 1.165) is 5.56 Å². The molecule has 0 fully saturated rings. The van der Waals surface area contributed by atoms with Crippen molar-refractivity contribution >= 4 is 6.21 Å². The van der Waals surface area contributed by atoms with Gasteiger partial charge in [0.15, 0.2) is 0 Å². The topological polar surface area (TPSA) is 21.6 Å². The number of rotatable bonds is 3. The molecule has 0 bridgehead atoms. The van der Waals surface area contributed by atoms with Crippen LogP contribution in [0.3, 0.4) is 0 Å². The molecular formula is C15H13F2NO. The van der Waals surface area contributed by atoms with Gasteiger partial charge in [-0.3, -0.25) is 0 Å². The summed E-state index contributed by atoms with van der Waals surface area (Å²) in [6, 6.07) is 9.11. The van der Waals surface area contributed by atoms with Crippen LogP contribution in [0.1, 0.15) is 11.1 Å². The normalized spacial score (nSPS) is 10.9. The number of aryl methyl sites for hydroxylation is 1. The zero-order valence-electron chi connectivity index (χ0n) is 10.7. The predicted octanol–water partition coefficient (Wildman–Crippen LogP) is 3.92. The maximum absolute atomic E-state index is 13.9. The lowest BCUT2D eigenvalue weighted by atomic mass is 9.99. The Kier molecular flexibility index (Phi) is 3.90. The Morgan fingerprint density at radius 2 is 1.89 bits per heavy atom. The Morgan fingerprint density at radius 3 is 2.58 bits per heavy atom. The summed E-state index contributed by atoms with van der Waals surface area (Å²) >= 11 is 0. The number of hydrogen-bond acceptors (Lipinski definition) is 2. The van der Waals surface area contributed by atoms with E-state index < -0.39 is 5.82 Å². The van der Waals surface area contributed by atoms with Crippen molar-refractivity contribution in [1.82, 2.24) is 0 Å². The molecule has 4 heteroatoms. The van der Waals surface area contributed by atoms with Gasteiger partial charge >= 0.3 is 0 Å². The van der Waals surface area contributed by atoms with Gasteiger partial charge in [0.2, 0.25) is 0 Å². The summed E-state index contributed by atoms with van der Waals surface area (Å²) in [5.41, 5.74) is 2.51. The molecule has 0 atom stereocenters. The fourth-order valence-corrected chi connectivity index (χ4v) is 1.81. The van der Waals surface area contributed by atoms with Gasteiger partial charge in [-0.25, -0.2) is 8.78 Å². The Hall–Kier alpha value is -2.23. The van der Waals surface area contributed by atoms with Crippen LogP contribution >= 0.6 is 0 Å². The highest BCUT2D eigenvalue weighted by Crippen LogP contribution is 2.25. The van der Waals surface area contributed by atoms with E-state index in [1.807, 2.05) is 6.92 Å². The molecule has 2 aromatic rings. The summed E-state index contributed by atoms with van der Waals surface area (Å²) in [6.07, 6.45) is 1.29. The van der Waals surface area contributed by atoms with Crippen molar-refractivity contribution in [1.29, 1.82) is 0 Å². The van der Waals surface area contributed by atoms with E-state index in [0.29, 0.717) is 16.7 Å². The molecule has 0 aliphatic heterocycles. The van der Waals surface area contributed by atoms with E-state index in [1.54, 1.807) is 18.2 Å². The van der Waals surface area contributed by atoms with Crippen molar-refractivity contribution in [3.8, 4) is 11.1 Å². The van der Waals surface area contributed by atoms with E-state index in [4.69, 9.17) is 0 Å². The number of hydrogen-bond donors (Lipinski definition) is 0. The Morgan fingerprint density at radius 1 is 1.11 bits per heavy atom. The third-order valence-corrected chi connectivity index (χ3v) is 2.81. The van der Waals surface area contributed by atoms with Gasteiger partial charge in [0.05, 0.1) is 6.21 Å². The summed E-state index contributed by atoms with van der Waals surface area (Å²) in [5.74, 6) is -0.770. The molecule has 0 heterocycles. The first-order valence-electron chi connectivity index (χ1n) is 5.74. The highest BCUT2D eigenvalue weighted by atomic mass is 19.1. The first kappa shape index (κ1) is 13.2. The molecule has 0 saturated heterocycles. The van der Waals surface area contributed by atoms with Gasteiger partial charge in [-0.1, -0.05) is 17.3 Å². The zero-order chi connectivity index (χ0) is 13.8. The number of halogens is 2. The largest absolute Gasteiger partial charge is 0.399 e. The minimum Gasteiger partial charge on any atom is -0.399 e. The van der Waals surface area contributed by atoms with Crippen LogP contribution in [-0.4, -0.2) is 13.3 Å². The maximum atomic E-state index is 13.9. The minimum atomic E-state index is -0.429. The molecule has 0 spiro atoms. The van der Waals surface area contributed by atoms with Crippen LogP contribution in [0.25, 0.3) is 11.1 Å². The lowest BCUT2D eigenvalue weighted by Crippen LogP contribution is -1.92. The van der Waals surface area contributed by atoms with Crippen LogP contribution in [0.2, 0.25) is 0 Å². The smallest absolute Gasteiger partial charge is 0.132 e. The molecule has 0 aromatic heterocycles. The Bertz CT molecular complexity index is 624. The Balaban J connectivity index is 2.44. The van der Waals surface area contributed by atoms with Gasteiger partial charge in [0.1, 0.15) is 18.7 Å². The molecule has 98 valence electrons. The SMILES string of the molecule is CON=Cc1ccc(-c2cc(F)ccc2C)cc1F. The minimum absolute atomic E-state index is 0.319. The predicted molar refractivity (Wildman–Crippen MR) is 71.1 cm³/mol. The average Bonchev–Trinajstić information content (AvgIpc) is 2.40. The number of nitrogens with zero attached hydrogens (tertiary/aromatic N) is 1. The van der Waals surface area contributed by atoms with Crippen LogP contribution in [0.5, 0.6) is 0 Å². The second-order valence-electron chi connectivity index (χ2n) is 4.11. The molecule has 2 rings (SSSR count). The van der Waals surface area contributed by atoms with Crippen LogP contribution in [0.15, 0.2) is 41.6 Å². The zero-order valence-corrected chi connectivity index (χ0v) is 10.7. The lowest BCUT2D eigenvalue weighted by Gasteiger charge is -2.07. The molecule has 0 unspecified atom stereocenters. The monoisotopic (exact) mass is 261 g/mol. The molecule has 0 aliphatic rings. The van der Waals surface area contributed by atoms with Crippen LogP contribution < -0.4 is 0 Å². The van der Waals surface area contributed by atoms with Crippen molar-refractivity contribution in [3.63, 3.8) is 0 Å². The fourth-order valence-electron chi connectivity index (χ4n) is 1.81. The van der Waals surface area contributed by atoms with Crippen LogP contribution in [-0.2, 0) is 4.84 Å². The third-order valence-electron chi connectivity index (χ3n) is 2.81. The number of benzene rings is 2. The van der Waals surface area contributed by atoms with Crippen molar-refractivity contribution in [2.24, 2.45) is 5.16 Å². The average molecular weight is 261 g/mol. The van der Waals surface area contributed by atoms with E-state index in [1.165, 1.54) is 31.5 Å². The second-order valence-corrected chi connectivity index (χ2v) is 4.11. The summed E-state index contributed by atoms with van der Waals surface area (Å²) in [6.45, 7) is 1.85. The number of oxime groups is 1. The molecule has 19 heavy (non-hydrogen) atoms. The van der Waals surface area contributed by atoms with Gasteiger partial charge < -0.3 is 4.84 Å². The summed E-state index contributed by atoms with van der Waals surface area (Å²) in [7, 11) is 1.39. The van der Waals surface area contributed by atoms with Crippen molar-refractivity contribution < 1.29 is 13.6 Å². The Labute approximate surface area is 110 Å². The van der Waals surface area contributed by atoms with E-state index in [2.05, 4.69) is 9.99 Å².